The number of benzene rings is 1. The van der Waals surface area contributed by atoms with Gasteiger partial charge < -0.3 is 15.2 Å². The highest BCUT2D eigenvalue weighted by Gasteiger charge is 2.22. The second kappa shape index (κ2) is 3.78. The lowest BCUT2D eigenvalue weighted by molar-refractivity contribution is 0.299. The number of anilines is 1. The summed E-state index contributed by atoms with van der Waals surface area (Å²) in [6.07, 6.45) is 2.56. The Bertz CT molecular complexity index is 321. The van der Waals surface area contributed by atoms with Crippen LogP contribution in [0.5, 0.6) is 11.5 Å². The zero-order valence-electron chi connectivity index (χ0n) is 8.32. The quantitative estimate of drug-likeness (QED) is 0.744. The van der Waals surface area contributed by atoms with Crippen molar-refractivity contribution < 1.29 is 9.47 Å². The molecule has 76 valence electrons. The summed E-state index contributed by atoms with van der Waals surface area (Å²) >= 11 is 0. The lowest BCUT2D eigenvalue weighted by Gasteiger charge is -2.09. The third-order valence-corrected chi connectivity index (χ3v) is 2.39. The van der Waals surface area contributed by atoms with Gasteiger partial charge in [-0.15, -0.1) is 0 Å². The van der Waals surface area contributed by atoms with Crippen LogP contribution in [0.15, 0.2) is 18.2 Å². The first kappa shape index (κ1) is 9.19. The molecule has 0 saturated heterocycles. The lowest BCUT2D eigenvalue weighted by atomic mass is 10.3. The smallest absolute Gasteiger partial charge is 0.145 e. The van der Waals surface area contributed by atoms with Gasteiger partial charge in [-0.05, 0) is 30.9 Å². The Balaban J connectivity index is 2.04. The van der Waals surface area contributed by atoms with Crippen LogP contribution in [0.3, 0.4) is 0 Å². The predicted molar refractivity (Wildman–Crippen MR) is 55.6 cm³/mol. The average molecular weight is 193 g/mol. The molecular formula is C11H15NO2. The number of hydrogen-bond acceptors (Lipinski definition) is 3. The van der Waals surface area contributed by atoms with E-state index in [-0.39, 0.29) is 0 Å². The highest BCUT2D eigenvalue weighted by molar-refractivity contribution is 5.55. The molecule has 0 aromatic heterocycles. The van der Waals surface area contributed by atoms with Crippen LogP contribution in [0, 0.1) is 5.92 Å². The molecular weight excluding hydrogens is 178 g/mol. The monoisotopic (exact) mass is 193 g/mol. The van der Waals surface area contributed by atoms with Gasteiger partial charge in [0.2, 0.25) is 0 Å². The van der Waals surface area contributed by atoms with Gasteiger partial charge in [0.05, 0.1) is 19.4 Å². The first-order chi connectivity index (χ1) is 6.79. The van der Waals surface area contributed by atoms with Crippen LogP contribution in [0.25, 0.3) is 0 Å². The minimum Gasteiger partial charge on any atom is -0.497 e. The van der Waals surface area contributed by atoms with Gasteiger partial charge in [-0.2, -0.15) is 0 Å². The molecule has 1 fully saturated rings. The molecule has 1 saturated carbocycles. The largest absolute Gasteiger partial charge is 0.497 e. The maximum atomic E-state index is 5.77. The Labute approximate surface area is 83.8 Å². The van der Waals surface area contributed by atoms with Crippen molar-refractivity contribution in [2.45, 2.75) is 12.8 Å². The Morgan fingerprint density at radius 2 is 2.21 bits per heavy atom. The Morgan fingerprint density at radius 1 is 1.43 bits per heavy atom. The van der Waals surface area contributed by atoms with E-state index in [0.29, 0.717) is 5.69 Å². The second-order valence-corrected chi connectivity index (χ2v) is 3.66. The van der Waals surface area contributed by atoms with Gasteiger partial charge in [0, 0.05) is 6.07 Å². The fraction of sp³-hybridized carbons (Fsp3) is 0.455. The standard InChI is InChI=1S/C11H15NO2/c1-13-9-4-5-10(12)11(6-9)14-7-8-2-3-8/h4-6,8H,2-3,7,12H2,1H3. The summed E-state index contributed by atoms with van der Waals surface area (Å²) in [5.41, 5.74) is 6.44. The first-order valence-electron chi connectivity index (χ1n) is 4.86. The molecule has 3 nitrogen and oxygen atoms in total. The van der Waals surface area contributed by atoms with Crippen molar-refractivity contribution >= 4 is 5.69 Å². The van der Waals surface area contributed by atoms with E-state index in [1.54, 1.807) is 13.2 Å². The van der Waals surface area contributed by atoms with Crippen molar-refractivity contribution in [3.63, 3.8) is 0 Å². The molecule has 0 radical (unpaired) electrons. The summed E-state index contributed by atoms with van der Waals surface area (Å²) in [5.74, 6) is 2.25. The topological polar surface area (TPSA) is 44.5 Å². The molecule has 1 aliphatic rings. The van der Waals surface area contributed by atoms with E-state index in [0.717, 1.165) is 24.0 Å². The van der Waals surface area contributed by atoms with E-state index in [9.17, 15) is 0 Å². The zero-order chi connectivity index (χ0) is 9.97. The summed E-state index contributed by atoms with van der Waals surface area (Å²) in [7, 11) is 1.64. The minimum absolute atomic E-state index is 0.673. The minimum atomic E-state index is 0.673. The molecule has 0 bridgehead atoms. The number of methoxy groups -OCH3 is 1. The van der Waals surface area contributed by atoms with Gasteiger partial charge >= 0.3 is 0 Å². The third kappa shape index (κ3) is 2.10. The van der Waals surface area contributed by atoms with E-state index < -0.39 is 0 Å². The van der Waals surface area contributed by atoms with E-state index in [1.807, 2.05) is 12.1 Å². The predicted octanol–water partition coefficient (Wildman–Crippen LogP) is 2.07. The van der Waals surface area contributed by atoms with Crippen molar-refractivity contribution in [1.82, 2.24) is 0 Å². The molecule has 0 amide bonds. The van der Waals surface area contributed by atoms with Gasteiger partial charge in [0.1, 0.15) is 11.5 Å². The average Bonchev–Trinajstić information content (AvgIpc) is 3.00. The van der Waals surface area contributed by atoms with Crippen LogP contribution in [-0.2, 0) is 0 Å². The van der Waals surface area contributed by atoms with Gasteiger partial charge in [-0.3, -0.25) is 0 Å². The molecule has 2 rings (SSSR count). The summed E-state index contributed by atoms with van der Waals surface area (Å²) in [6.45, 7) is 0.775. The Kier molecular flexibility index (Phi) is 2.48. The lowest BCUT2D eigenvalue weighted by Crippen LogP contribution is -2.01. The van der Waals surface area contributed by atoms with Crippen molar-refractivity contribution in [3.8, 4) is 11.5 Å². The van der Waals surface area contributed by atoms with Crippen molar-refractivity contribution in [1.29, 1.82) is 0 Å². The van der Waals surface area contributed by atoms with Gasteiger partial charge in [-0.25, -0.2) is 0 Å². The van der Waals surface area contributed by atoms with Gasteiger partial charge in [0.15, 0.2) is 0 Å². The molecule has 0 aliphatic heterocycles. The van der Waals surface area contributed by atoms with Gasteiger partial charge in [0.25, 0.3) is 0 Å². The van der Waals surface area contributed by atoms with E-state index in [2.05, 4.69) is 0 Å². The summed E-state index contributed by atoms with van der Waals surface area (Å²) in [4.78, 5) is 0. The number of ether oxygens (including phenoxy) is 2. The molecule has 1 aromatic carbocycles. The van der Waals surface area contributed by atoms with Crippen LogP contribution in [0.2, 0.25) is 0 Å². The summed E-state index contributed by atoms with van der Waals surface area (Å²) in [5, 5.41) is 0. The number of nitrogens with two attached hydrogens (primary N) is 1. The maximum absolute atomic E-state index is 5.77. The number of hydrogen-bond donors (Lipinski definition) is 1. The molecule has 14 heavy (non-hydrogen) atoms. The first-order valence-corrected chi connectivity index (χ1v) is 4.86. The normalized spacial score (nSPS) is 15.2. The maximum Gasteiger partial charge on any atom is 0.145 e. The molecule has 1 aromatic rings. The van der Waals surface area contributed by atoms with E-state index >= 15 is 0 Å². The molecule has 0 heterocycles. The van der Waals surface area contributed by atoms with Crippen molar-refractivity contribution in [2.24, 2.45) is 5.92 Å². The molecule has 1 aliphatic carbocycles. The molecule has 3 heteroatoms. The van der Waals surface area contributed by atoms with Crippen LogP contribution in [0.1, 0.15) is 12.8 Å². The fourth-order valence-corrected chi connectivity index (χ4v) is 1.26. The van der Waals surface area contributed by atoms with E-state index in [1.165, 1.54) is 12.8 Å². The highest BCUT2D eigenvalue weighted by atomic mass is 16.5. The van der Waals surface area contributed by atoms with Crippen LogP contribution >= 0.6 is 0 Å². The van der Waals surface area contributed by atoms with Crippen LogP contribution in [0.4, 0.5) is 5.69 Å². The van der Waals surface area contributed by atoms with Crippen molar-refractivity contribution in [2.75, 3.05) is 19.5 Å². The molecule has 0 spiro atoms. The van der Waals surface area contributed by atoms with E-state index in [4.69, 9.17) is 15.2 Å². The van der Waals surface area contributed by atoms with Gasteiger partial charge in [-0.1, -0.05) is 0 Å². The molecule has 0 atom stereocenters. The second-order valence-electron chi connectivity index (χ2n) is 3.66. The summed E-state index contributed by atoms with van der Waals surface area (Å²) < 4.78 is 10.7. The Hall–Kier alpha value is -1.38. The molecule has 0 unspecified atom stereocenters. The van der Waals surface area contributed by atoms with Crippen LogP contribution in [-0.4, -0.2) is 13.7 Å². The molecule has 2 N–H and O–H groups in total. The number of rotatable bonds is 4. The van der Waals surface area contributed by atoms with Crippen molar-refractivity contribution in [3.05, 3.63) is 18.2 Å². The fourth-order valence-electron chi connectivity index (χ4n) is 1.26. The van der Waals surface area contributed by atoms with Crippen LogP contribution < -0.4 is 15.2 Å². The zero-order valence-corrected chi connectivity index (χ0v) is 8.32. The highest BCUT2D eigenvalue weighted by Crippen LogP contribution is 2.32. The Morgan fingerprint density at radius 3 is 2.86 bits per heavy atom. The number of nitrogen functional groups attached to an aromatic ring is 1. The SMILES string of the molecule is COc1ccc(N)c(OCC2CC2)c1. The third-order valence-electron chi connectivity index (χ3n) is 2.39. The summed E-state index contributed by atoms with van der Waals surface area (Å²) in [6, 6.07) is 5.47.